The highest BCUT2D eigenvalue weighted by Gasteiger charge is 2.36. The molecule has 3 atom stereocenters. The Morgan fingerprint density at radius 1 is 1.35 bits per heavy atom. The van der Waals surface area contributed by atoms with Crippen molar-refractivity contribution in [3.63, 3.8) is 0 Å². The molecular formula is C13H24N2O2. The van der Waals surface area contributed by atoms with Gasteiger partial charge in [-0.15, -0.1) is 0 Å². The fourth-order valence-corrected chi connectivity index (χ4v) is 3.33. The van der Waals surface area contributed by atoms with Crippen LogP contribution in [-0.4, -0.2) is 42.2 Å². The molecule has 1 amide bonds. The van der Waals surface area contributed by atoms with Gasteiger partial charge in [0.1, 0.15) is 0 Å². The van der Waals surface area contributed by atoms with E-state index in [2.05, 4.69) is 0 Å². The normalized spacial score (nSPS) is 33.3. The quantitative estimate of drug-likeness (QED) is 0.756. The minimum Gasteiger partial charge on any atom is -0.396 e. The molecule has 1 aliphatic heterocycles. The molecule has 0 radical (unpaired) electrons. The lowest BCUT2D eigenvalue weighted by atomic mass is 9.95. The van der Waals surface area contributed by atoms with Gasteiger partial charge >= 0.3 is 0 Å². The summed E-state index contributed by atoms with van der Waals surface area (Å²) in [6.45, 7) is 2.59. The predicted octanol–water partition coefficient (Wildman–Crippen LogP) is 0.592. The first-order valence-corrected chi connectivity index (χ1v) is 6.86. The highest BCUT2D eigenvalue weighted by Crippen LogP contribution is 2.33. The second kappa shape index (κ2) is 5.83. The fourth-order valence-electron chi connectivity index (χ4n) is 3.33. The van der Waals surface area contributed by atoms with Crippen LogP contribution in [0.5, 0.6) is 0 Å². The van der Waals surface area contributed by atoms with Crippen molar-refractivity contribution in [1.29, 1.82) is 0 Å². The number of likely N-dealkylation sites (tertiary alicyclic amines) is 1. The number of aliphatic hydroxyl groups excluding tert-OH is 1. The van der Waals surface area contributed by atoms with Crippen molar-refractivity contribution < 1.29 is 9.90 Å². The topological polar surface area (TPSA) is 66.6 Å². The van der Waals surface area contributed by atoms with Crippen molar-refractivity contribution in [1.82, 2.24) is 4.90 Å². The van der Waals surface area contributed by atoms with Gasteiger partial charge in [-0.3, -0.25) is 4.79 Å². The molecule has 2 fully saturated rings. The van der Waals surface area contributed by atoms with Crippen LogP contribution in [0.1, 0.15) is 32.1 Å². The summed E-state index contributed by atoms with van der Waals surface area (Å²) in [6.07, 6.45) is 5.15. The third kappa shape index (κ3) is 2.80. The fraction of sp³-hybridized carbons (Fsp3) is 0.923. The Labute approximate surface area is 103 Å². The summed E-state index contributed by atoms with van der Waals surface area (Å²) in [6, 6.07) is 0. The number of nitrogens with two attached hydrogens (primary N) is 1. The van der Waals surface area contributed by atoms with Gasteiger partial charge in [-0.2, -0.15) is 0 Å². The van der Waals surface area contributed by atoms with Crippen LogP contribution >= 0.6 is 0 Å². The van der Waals surface area contributed by atoms with Crippen LogP contribution in [0, 0.1) is 17.8 Å². The Kier molecular flexibility index (Phi) is 4.40. The van der Waals surface area contributed by atoms with Crippen LogP contribution in [0.25, 0.3) is 0 Å². The van der Waals surface area contributed by atoms with Gasteiger partial charge in [-0.1, -0.05) is 6.42 Å². The Morgan fingerprint density at radius 2 is 2.18 bits per heavy atom. The van der Waals surface area contributed by atoms with E-state index < -0.39 is 0 Å². The first-order chi connectivity index (χ1) is 8.26. The van der Waals surface area contributed by atoms with Crippen molar-refractivity contribution in [3.05, 3.63) is 0 Å². The summed E-state index contributed by atoms with van der Waals surface area (Å²) in [5.74, 6) is 1.40. The molecule has 0 spiro atoms. The number of carbonyl (C=O) groups is 1. The predicted molar refractivity (Wildman–Crippen MR) is 66.3 cm³/mol. The van der Waals surface area contributed by atoms with E-state index in [1.54, 1.807) is 0 Å². The number of hydrogen-bond donors (Lipinski definition) is 2. The van der Waals surface area contributed by atoms with Gasteiger partial charge in [0.25, 0.3) is 0 Å². The number of rotatable bonds is 4. The Hall–Kier alpha value is -0.610. The highest BCUT2D eigenvalue weighted by molar-refractivity contribution is 5.79. The molecule has 4 heteroatoms. The largest absolute Gasteiger partial charge is 0.396 e. The van der Waals surface area contributed by atoms with Gasteiger partial charge in [0.15, 0.2) is 0 Å². The van der Waals surface area contributed by atoms with Crippen LogP contribution in [0.15, 0.2) is 0 Å². The molecule has 0 bridgehead atoms. The third-order valence-electron chi connectivity index (χ3n) is 4.41. The highest BCUT2D eigenvalue weighted by atomic mass is 16.3. The third-order valence-corrected chi connectivity index (χ3v) is 4.41. The molecule has 2 aliphatic rings. The number of aliphatic hydroxyl groups is 1. The van der Waals surface area contributed by atoms with Crippen molar-refractivity contribution in [2.24, 2.45) is 23.5 Å². The monoisotopic (exact) mass is 240 g/mol. The van der Waals surface area contributed by atoms with Gasteiger partial charge in [-0.05, 0) is 44.1 Å². The molecule has 1 saturated heterocycles. The minimum atomic E-state index is 0.174. The van der Waals surface area contributed by atoms with Crippen molar-refractivity contribution in [3.8, 4) is 0 Å². The Bertz CT molecular complexity index is 270. The van der Waals surface area contributed by atoms with Crippen LogP contribution < -0.4 is 5.73 Å². The molecule has 4 nitrogen and oxygen atoms in total. The van der Waals surface area contributed by atoms with E-state index in [0.29, 0.717) is 24.3 Å². The molecule has 3 unspecified atom stereocenters. The van der Waals surface area contributed by atoms with Gasteiger partial charge in [0.2, 0.25) is 5.91 Å². The summed E-state index contributed by atoms with van der Waals surface area (Å²) in [5.41, 5.74) is 5.73. The Morgan fingerprint density at radius 3 is 2.88 bits per heavy atom. The van der Waals surface area contributed by atoms with E-state index in [1.165, 1.54) is 0 Å². The van der Waals surface area contributed by atoms with E-state index in [4.69, 9.17) is 10.8 Å². The van der Waals surface area contributed by atoms with Gasteiger partial charge in [-0.25, -0.2) is 0 Å². The summed E-state index contributed by atoms with van der Waals surface area (Å²) in [7, 11) is 0. The standard InChI is InChI=1S/C13H24N2O2/c14-8-11-2-1-3-12(11)13(17)15-6-4-10(9-15)5-7-16/h10-12,16H,1-9,14H2. The molecule has 0 aromatic heterocycles. The second-order valence-corrected chi connectivity index (χ2v) is 5.48. The van der Waals surface area contributed by atoms with Gasteiger partial charge in [0.05, 0.1) is 0 Å². The van der Waals surface area contributed by atoms with E-state index >= 15 is 0 Å². The minimum absolute atomic E-state index is 0.174. The lowest BCUT2D eigenvalue weighted by Gasteiger charge is -2.24. The van der Waals surface area contributed by atoms with E-state index in [1.807, 2.05) is 4.90 Å². The zero-order valence-corrected chi connectivity index (χ0v) is 10.5. The van der Waals surface area contributed by atoms with E-state index in [-0.39, 0.29) is 12.5 Å². The maximum atomic E-state index is 12.4. The number of hydrogen-bond acceptors (Lipinski definition) is 3. The molecular weight excluding hydrogens is 216 g/mol. The van der Waals surface area contributed by atoms with Crippen LogP contribution in [0.4, 0.5) is 0 Å². The lowest BCUT2D eigenvalue weighted by molar-refractivity contribution is -0.135. The van der Waals surface area contributed by atoms with Crippen LogP contribution in [-0.2, 0) is 4.79 Å². The zero-order valence-electron chi connectivity index (χ0n) is 10.5. The maximum absolute atomic E-state index is 12.4. The van der Waals surface area contributed by atoms with Gasteiger partial charge < -0.3 is 15.7 Å². The number of amides is 1. The molecule has 1 aliphatic carbocycles. The summed E-state index contributed by atoms with van der Waals surface area (Å²) in [5, 5.41) is 8.92. The molecule has 0 aromatic carbocycles. The van der Waals surface area contributed by atoms with Crippen molar-refractivity contribution in [2.75, 3.05) is 26.2 Å². The molecule has 17 heavy (non-hydrogen) atoms. The average molecular weight is 240 g/mol. The van der Waals surface area contributed by atoms with Gasteiger partial charge in [0, 0.05) is 25.6 Å². The average Bonchev–Trinajstić information content (AvgIpc) is 2.96. The lowest BCUT2D eigenvalue weighted by Crippen LogP contribution is -2.37. The van der Waals surface area contributed by atoms with Crippen molar-refractivity contribution >= 4 is 5.91 Å². The van der Waals surface area contributed by atoms with Crippen LogP contribution in [0.2, 0.25) is 0 Å². The SMILES string of the molecule is NCC1CCCC1C(=O)N1CCC(CCO)C1. The summed E-state index contributed by atoms with van der Waals surface area (Å²) in [4.78, 5) is 14.4. The molecule has 1 saturated carbocycles. The molecule has 98 valence electrons. The molecule has 0 aromatic rings. The first-order valence-electron chi connectivity index (χ1n) is 6.86. The zero-order chi connectivity index (χ0) is 12.3. The number of carbonyl (C=O) groups excluding carboxylic acids is 1. The first kappa shape index (κ1) is 12.8. The number of nitrogens with zero attached hydrogens (tertiary/aromatic N) is 1. The molecule has 2 rings (SSSR count). The maximum Gasteiger partial charge on any atom is 0.226 e. The molecule has 1 heterocycles. The van der Waals surface area contributed by atoms with E-state index in [9.17, 15) is 4.79 Å². The molecule has 3 N–H and O–H groups in total. The van der Waals surface area contributed by atoms with Crippen molar-refractivity contribution in [2.45, 2.75) is 32.1 Å². The Balaban J connectivity index is 1.88. The van der Waals surface area contributed by atoms with Crippen LogP contribution in [0.3, 0.4) is 0 Å². The summed E-state index contributed by atoms with van der Waals surface area (Å²) < 4.78 is 0. The summed E-state index contributed by atoms with van der Waals surface area (Å²) >= 11 is 0. The smallest absolute Gasteiger partial charge is 0.226 e. The second-order valence-electron chi connectivity index (χ2n) is 5.48. The van der Waals surface area contributed by atoms with E-state index in [0.717, 1.165) is 45.2 Å².